The first kappa shape index (κ1) is 19.9. The Bertz CT molecular complexity index is 1030. The number of nitrogens with zero attached hydrogens (tertiary/aromatic N) is 3. The first-order chi connectivity index (χ1) is 13.9. The molecule has 3 heterocycles. The first-order valence-electron chi connectivity index (χ1n) is 9.83. The molecule has 0 unspecified atom stereocenters. The van der Waals surface area contributed by atoms with E-state index in [1.807, 2.05) is 30.5 Å². The normalized spacial score (nSPS) is 19.1. The van der Waals surface area contributed by atoms with Crippen LogP contribution in [0.15, 0.2) is 54.7 Å². The lowest BCUT2D eigenvalue weighted by molar-refractivity contribution is 0.269. The molecule has 1 saturated heterocycles. The van der Waals surface area contributed by atoms with Crippen molar-refractivity contribution in [3.63, 3.8) is 0 Å². The number of benzene rings is 1. The van der Waals surface area contributed by atoms with E-state index in [9.17, 15) is 0 Å². The molecule has 1 aliphatic rings. The highest BCUT2D eigenvalue weighted by molar-refractivity contribution is 7.80. The van der Waals surface area contributed by atoms with Gasteiger partial charge in [0.25, 0.3) is 0 Å². The molecule has 0 spiro atoms. The molecule has 1 fully saturated rings. The van der Waals surface area contributed by atoms with Gasteiger partial charge in [-0.2, -0.15) is 0 Å². The van der Waals surface area contributed by atoms with Crippen LogP contribution < -0.4 is 5.32 Å². The molecule has 1 aromatic carbocycles. The van der Waals surface area contributed by atoms with Gasteiger partial charge in [-0.15, -0.1) is 0 Å². The van der Waals surface area contributed by atoms with Crippen LogP contribution in [0.25, 0.3) is 5.69 Å². The topological polar surface area (TPSA) is 33.1 Å². The van der Waals surface area contributed by atoms with E-state index in [-0.39, 0.29) is 18.1 Å². The highest BCUT2D eigenvalue weighted by Crippen LogP contribution is 2.42. The van der Waals surface area contributed by atoms with E-state index < -0.39 is 0 Å². The second-order valence-corrected chi connectivity index (χ2v) is 8.59. The lowest BCUT2D eigenvalue weighted by Crippen LogP contribution is -2.35. The Morgan fingerprint density at radius 2 is 1.83 bits per heavy atom. The van der Waals surface area contributed by atoms with E-state index in [1.54, 1.807) is 0 Å². The number of nitrogens with one attached hydrogen (secondary N) is 1. The van der Waals surface area contributed by atoms with Gasteiger partial charge >= 0.3 is 0 Å². The largest absolute Gasteiger partial charge is 0.352 e. The Kier molecular flexibility index (Phi) is 5.36. The molecule has 4 nitrogen and oxygen atoms in total. The zero-order chi connectivity index (χ0) is 20.7. The predicted molar refractivity (Wildman–Crippen MR) is 123 cm³/mol. The molecule has 6 heteroatoms. The molecule has 3 aromatic rings. The highest BCUT2D eigenvalue weighted by Gasteiger charge is 2.42. The lowest BCUT2D eigenvalue weighted by atomic mass is 9.96. The van der Waals surface area contributed by atoms with Crippen LogP contribution in [-0.4, -0.2) is 25.6 Å². The molecular weight excluding hydrogens is 400 g/mol. The summed E-state index contributed by atoms with van der Waals surface area (Å²) < 4.78 is 2.28. The van der Waals surface area contributed by atoms with Gasteiger partial charge in [-0.05, 0) is 87.9 Å². The fraction of sp³-hybridized carbons (Fsp3) is 0.304. The minimum Gasteiger partial charge on any atom is -0.352 e. The molecule has 1 N–H and O–H groups in total. The van der Waals surface area contributed by atoms with Gasteiger partial charge < -0.3 is 14.8 Å². The van der Waals surface area contributed by atoms with E-state index in [4.69, 9.17) is 23.8 Å². The summed E-state index contributed by atoms with van der Waals surface area (Å²) in [6, 6.07) is 16.6. The molecular formula is C23H25ClN4S. The van der Waals surface area contributed by atoms with Crippen molar-refractivity contribution in [1.82, 2.24) is 19.8 Å². The summed E-state index contributed by atoms with van der Waals surface area (Å²) in [5.41, 5.74) is 5.75. The Labute approximate surface area is 182 Å². The number of pyridine rings is 1. The van der Waals surface area contributed by atoms with Gasteiger partial charge in [0.1, 0.15) is 0 Å². The van der Waals surface area contributed by atoms with E-state index in [0.717, 1.165) is 21.5 Å². The second kappa shape index (κ2) is 7.81. The zero-order valence-corrected chi connectivity index (χ0v) is 18.6. The summed E-state index contributed by atoms with van der Waals surface area (Å²) in [4.78, 5) is 6.92. The number of aryl methyl sites for hydroxylation is 1. The van der Waals surface area contributed by atoms with Gasteiger partial charge in [0.05, 0.1) is 17.8 Å². The molecule has 1 aliphatic heterocycles. The molecule has 0 bridgehead atoms. The Hall–Kier alpha value is -2.37. The molecule has 0 amide bonds. The molecule has 4 rings (SSSR count). The van der Waals surface area contributed by atoms with Crippen LogP contribution in [-0.2, 0) is 0 Å². The molecule has 2 atom stereocenters. The summed E-state index contributed by atoms with van der Waals surface area (Å²) in [6.45, 7) is 8.67. The van der Waals surface area contributed by atoms with Crippen LogP contribution in [0.2, 0.25) is 5.02 Å². The molecule has 150 valence electrons. The SMILES string of the molecule is Cc1cc([C@H]2[C@@H](c3ccccn3)NC(=S)N2C(C)C)c(C)n1-c1ccc(Cl)cc1. The minimum atomic E-state index is 0.00488. The monoisotopic (exact) mass is 424 g/mol. The summed E-state index contributed by atoms with van der Waals surface area (Å²) in [5.74, 6) is 0. The number of thiocarbonyl (C=S) groups is 1. The van der Waals surface area contributed by atoms with Crippen LogP contribution in [0.5, 0.6) is 0 Å². The van der Waals surface area contributed by atoms with Crippen molar-refractivity contribution in [3.8, 4) is 5.69 Å². The highest BCUT2D eigenvalue weighted by atomic mass is 35.5. The third-order valence-corrected chi connectivity index (χ3v) is 6.15. The van der Waals surface area contributed by atoms with Crippen LogP contribution in [0, 0.1) is 13.8 Å². The molecule has 0 radical (unpaired) electrons. The third-order valence-electron chi connectivity index (χ3n) is 5.57. The maximum absolute atomic E-state index is 6.10. The number of aromatic nitrogens is 2. The number of hydrogen-bond donors (Lipinski definition) is 1. The summed E-state index contributed by atoms with van der Waals surface area (Å²) in [5, 5.41) is 5.04. The molecule has 0 saturated carbocycles. The second-order valence-electron chi connectivity index (χ2n) is 7.77. The summed E-state index contributed by atoms with van der Waals surface area (Å²) in [6.07, 6.45) is 1.84. The smallest absolute Gasteiger partial charge is 0.170 e. The fourth-order valence-corrected chi connectivity index (χ4v) is 4.91. The predicted octanol–water partition coefficient (Wildman–Crippen LogP) is 5.52. The van der Waals surface area contributed by atoms with Gasteiger partial charge in [-0.3, -0.25) is 4.98 Å². The summed E-state index contributed by atoms with van der Waals surface area (Å²) >= 11 is 11.8. The van der Waals surface area contributed by atoms with E-state index >= 15 is 0 Å². The van der Waals surface area contributed by atoms with Crippen molar-refractivity contribution >= 4 is 28.9 Å². The van der Waals surface area contributed by atoms with E-state index in [2.05, 4.69) is 71.7 Å². The van der Waals surface area contributed by atoms with Crippen molar-refractivity contribution in [3.05, 3.63) is 82.4 Å². The lowest BCUT2D eigenvalue weighted by Gasteiger charge is -2.31. The van der Waals surface area contributed by atoms with Crippen molar-refractivity contribution in [1.29, 1.82) is 0 Å². The van der Waals surface area contributed by atoms with E-state index in [0.29, 0.717) is 0 Å². The van der Waals surface area contributed by atoms with E-state index in [1.165, 1.54) is 17.0 Å². The number of hydrogen-bond acceptors (Lipinski definition) is 2. The number of rotatable bonds is 4. The summed E-state index contributed by atoms with van der Waals surface area (Å²) in [7, 11) is 0. The zero-order valence-electron chi connectivity index (χ0n) is 17.1. The van der Waals surface area contributed by atoms with Crippen LogP contribution in [0.1, 0.15) is 48.6 Å². The molecule has 0 aliphatic carbocycles. The van der Waals surface area contributed by atoms with Gasteiger partial charge in [0, 0.05) is 34.3 Å². The van der Waals surface area contributed by atoms with Crippen LogP contribution >= 0.6 is 23.8 Å². The van der Waals surface area contributed by atoms with Gasteiger partial charge in [-0.25, -0.2) is 0 Å². The van der Waals surface area contributed by atoms with Crippen molar-refractivity contribution in [2.45, 2.75) is 45.8 Å². The van der Waals surface area contributed by atoms with Gasteiger partial charge in [0.2, 0.25) is 0 Å². The average molecular weight is 425 g/mol. The quantitative estimate of drug-likeness (QED) is 0.558. The van der Waals surface area contributed by atoms with Crippen molar-refractivity contribution in [2.75, 3.05) is 0 Å². The maximum Gasteiger partial charge on any atom is 0.170 e. The minimum absolute atomic E-state index is 0.00488. The number of halogens is 1. The Balaban J connectivity index is 1.85. The average Bonchev–Trinajstić information content (AvgIpc) is 3.19. The van der Waals surface area contributed by atoms with Crippen LogP contribution in [0.3, 0.4) is 0 Å². The van der Waals surface area contributed by atoms with Gasteiger partial charge in [0.15, 0.2) is 5.11 Å². The third kappa shape index (κ3) is 3.53. The Morgan fingerprint density at radius 3 is 2.45 bits per heavy atom. The first-order valence-corrected chi connectivity index (χ1v) is 10.6. The fourth-order valence-electron chi connectivity index (χ4n) is 4.33. The Morgan fingerprint density at radius 1 is 1.10 bits per heavy atom. The maximum atomic E-state index is 6.10. The standard InChI is InChI=1S/C23H25ClN4S/c1-14(2)27-22(21(26-23(27)29)20-7-5-6-12-25-20)19-13-15(3)28(16(19)4)18-10-8-17(24)9-11-18/h5-14,21-22H,1-4H3,(H,26,29)/t21-,22+/m1/s1. The molecule has 29 heavy (non-hydrogen) atoms. The van der Waals surface area contributed by atoms with Crippen molar-refractivity contribution in [2.24, 2.45) is 0 Å². The van der Waals surface area contributed by atoms with Crippen LogP contribution in [0.4, 0.5) is 0 Å². The van der Waals surface area contributed by atoms with Gasteiger partial charge in [-0.1, -0.05) is 17.7 Å². The molecule has 2 aromatic heterocycles. The van der Waals surface area contributed by atoms with Crippen molar-refractivity contribution < 1.29 is 0 Å².